The zero-order chi connectivity index (χ0) is 18.2. The van der Waals surface area contributed by atoms with Crippen LogP contribution in [0.2, 0.25) is 0 Å². The van der Waals surface area contributed by atoms with Crippen LogP contribution in [0.15, 0.2) is 84.0 Å². The van der Waals surface area contributed by atoms with Gasteiger partial charge in [0.15, 0.2) is 0 Å². The van der Waals surface area contributed by atoms with E-state index in [9.17, 15) is 9.18 Å². The summed E-state index contributed by atoms with van der Waals surface area (Å²) in [6.07, 6.45) is 1.73. The summed E-state index contributed by atoms with van der Waals surface area (Å²) in [4.78, 5) is 11.8. The number of hydrazone groups is 1. The topological polar surface area (TPSA) is 53.5 Å². The molecule has 3 rings (SSSR count). The average Bonchev–Trinajstić information content (AvgIpc) is 2.66. The largest absolute Gasteiger partial charge is 0.356 e. The van der Waals surface area contributed by atoms with Crippen molar-refractivity contribution in [1.29, 1.82) is 0 Å². The Hall–Kier alpha value is -3.47. The summed E-state index contributed by atoms with van der Waals surface area (Å²) in [6, 6.07) is 23.4. The fourth-order valence-corrected chi connectivity index (χ4v) is 2.35. The van der Waals surface area contributed by atoms with Gasteiger partial charge in [-0.3, -0.25) is 4.79 Å². The van der Waals surface area contributed by atoms with E-state index in [1.807, 2.05) is 54.6 Å². The molecule has 0 aliphatic heterocycles. The molecule has 0 atom stereocenters. The van der Waals surface area contributed by atoms with Crippen LogP contribution < -0.4 is 10.7 Å². The van der Waals surface area contributed by atoms with Gasteiger partial charge in [-0.25, -0.2) is 9.82 Å². The Balaban J connectivity index is 1.50. The first-order valence-corrected chi connectivity index (χ1v) is 8.17. The maximum atomic E-state index is 12.8. The molecular weight excluding hydrogens is 329 g/mol. The Kier molecular flexibility index (Phi) is 5.72. The van der Waals surface area contributed by atoms with Crippen LogP contribution in [0, 0.1) is 5.82 Å². The number of hydrogen-bond donors (Lipinski definition) is 2. The van der Waals surface area contributed by atoms with Crippen molar-refractivity contribution in [3.63, 3.8) is 0 Å². The van der Waals surface area contributed by atoms with Gasteiger partial charge in [0.25, 0.3) is 0 Å². The Morgan fingerprint density at radius 1 is 0.885 bits per heavy atom. The van der Waals surface area contributed by atoms with Gasteiger partial charge in [-0.15, -0.1) is 0 Å². The minimum atomic E-state index is -0.322. The molecule has 1 amide bonds. The lowest BCUT2D eigenvalue weighted by Crippen LogP contribution is -2.19. The van der Waals surface area contributed by atoms with Crippen LogP contribution in [0.25, 0.3) is 0 Å². The molecule has 0 aliphatic carbocycles. The fourth-order valence-electron chi connectivity index (χ4n) is 2.35. The highest BCUT2D eigenvalue weighted by Gasteiger charge is 2.02. The van der Waals surface area contributed by atoms with E-state index in [0.29, 0.717) is 0 Å². The van der Waals surface area contributed by atoms with Gasteiger partial charge < -0.3 is 5.32 Å². The second-order valence-electron chi connectivity index (χ2n) is 5.71. The average molecular weight is 347 g/mol. The number of halogens is 1. The molecule has 0 aliphatic rings. The van der Waals surface area contributed by atoms with Crippen molar-refractivity contribution in [2.45, 2.75) is 6.42 Å². The van der Waals surface area contributed by atoms with Crippen molar-refractivity contribution in [3.05, 3.63) is 95.8 Å². The van der Waals surface area contributed by atoms with Gasteiger partial charge in [-0.2, -0.15) is 5.10 Å². The van der Waals surface area contributed by atoms with Crippen molar-refractivity contribution < 1.29 is 9.18 Å². The van der Waals surface area contributed by atoms with Crippen molar-refractivity contribution in [2.24, 2.45) is 5.10 Å². The highest BCUT2D eigenvalue weighted by Crippen LogP contribution is 2.16. The third kappa shape index (κ3) is 5.27. The number of nitrogens with one attached hydrogen (secondary N) is 2. The van der Waals surface area contributed by atoms with E-state index < -0.39 is 0 Å². The second kappa shape index (κ2) is 8.58. The first-order chi connectivity index (χ1) is 12.7. The summed E-state index contributed by atoms with van der Waals surface area (Å²) >= 11 is 0. The molecule has 0 bridgehead atoms. The number of anilines is 2. The molecule has 0 heterocycles. The molecule has 2 N–H and O–H groups in total. The first kappa shape index (κ1) is 17.4. The number of para-hydroxylation sites is 1. The van der Waals surface area contributed by atoms with Gasteiger partial charge in [0.05, 0.1) is 12.6 Å². The highest BCUT2D eigenvalue weighted by atomic mass is 19.1. The van der Waals surface area contributed by atoms with E-state index in [-0.39, 0.29) is 18.1 Å². The van der Waals surface area contributed by atoms with Crippen molar-refractivity contribution in [3.8, 4) is 0 Å². The molecular formula is C21H18FN3O. The third-order valence-electron chi connectivity index (χ3n) is 3.65. The zero-order valence-corrected chi connectivity index (χ0v) is 14.0. The minimum Gasteiger partial charge on any atom is -0.356 e. The number of nitrogens with zero attached hydrogens (tertiary/aromatic N) is 1. The van der Waals surface area contributed by atoms with Gasteiger partial charge >= 0.3 is 0 Å². The van der Waals surface area contributed by atoms with Gasteiger partial charge in [-0.05, 0) is 47.5 Å². The number of rotatable bonds is 6. The van der Waals surface area contributed by atoms with Crippen LogP contribution in [0.4, 0.5) is 15.8 Å². The van der Waals surface area contributed by atoms with Crippen molar-refractivity contribution >= 4 is 23.5 Å². The quantitative estimate of drug-likeness (QED) is 0.517. The minimum absolute atomic E-state index is 0.150. The summed E-state index contributed by atoms with van der Waals surface area (Å²) in [6.45, 7) is 0. The van der Waals surface area contributed by atoms with Gasteiger partial charge in [-0.1, -0.05) is 42.5 Å². The van der Waals surface area contributed by atoms with Crippen molar-refractivity contribution in [1.82, 2.24) is 5.43 Å². The smallest absolute Gasteiger partial charge is 0.244 e. The normalized spacial score (nSPS) is 10.7. The Morgan fingerprint density at radius 3 is 2.23 bits per heavy atom. The lowest BCUT2D eigenvalue weighted by Gasteiger charge is -2.06. The summed E-state index contributed by atoms with van der Waals surface area (Å²) in [7, 11) is 0. The number of carbonyl (C=O) groups is 1. The molecule has 0 unspecified atom stereocenters. The molecule has 5 heteroatoms. The number of hydrogen-bond acceptors (Lipinski definition) is 3. The van der Waals surface area contributed by atoms with E-state index in [1.165, 1.54) is 12.1 Å². The SMILES string of the molecule is O=C(Cc1ccc(F)cc1)N/N=C/c1ccc(Nc2ccccc2)cc1. The van der Waals surface area contributed by atoms with Crippen molar-refractivity contribution in [2.75, 3.05) is 5.32 Å². The maximum Gasteiger partial charge on any atom is 0.244 e. The molecule has 130 valence electrons. The lowest BCUT2D eigenvalue weighted by atomic mass is 10.1. The molecule has 0 saturated heterocycles. The number of benzene rings is 3. The van der Waals surface area contributed by atoms with Crippen LogP contribution in [0.3, 0.4) is 0 Å². The second-order valence-corrected chi connectivity index (χ2v) is 5.71. The zero-order valence-electron chi connectivity index (χ0n) is 14.0. The highest BCUT2D eigenvalue weighted by molar-refractivity contribution is 5.83. The molecule has 0 fully saturated rings. The Labute approximate surface area is 151 Å². The fraction of sp³-hybridized carbons (Fsp3) is 0.0476. The monoisotopic (exact) mass is 347 g/mol. The van der Waals surface area contributed by atoms with E-state index in [1.54, 1.807) is 18.3 Å². The Bertz CT molecular complexity index is 875. The van der Waals surface area contributed by atoms with Crippen LogP contribution in [-0.4, -0.2) is 12.1 Å². The summed E-state index contributed by atoms with van der Waals surface area (Å²) in [5, 5.41) is 7.25. The summed E-state index contributed by atoms with van der Waals surface area (Å²) in [5.74, 6) is -0.576. The molecule has 0 aromatic heterocycles. The molecule has 0 spiro atoms. The lowest BCUT2D eigenvalue weighted by molar-refractivity contribution is -0.120. The van der Waals surface area contributed by atoms with E-state index in [0.717, 1.165) is 22.5 Å². The molecule has 3 aromatic carbocycles. The molecule has 26 heavy (non-hydrogen) atoms. The van der Waals surface area contributed by atoms with Crippen LogP contribution >= 0.6 is 0 Å². The molecule has 4 nitrogen and oxygen atoms in total. The van der Waals surface area contributed by atoms with Crippen LogP contribution in [0.5, 0.6) is 0 Å². The molecule has 3 aromatic rings. The summed E-state index contributed by atoms with van der Waals surface area (Å²) in [5.41, 5.74) is 6.05. The Morgan fingerprint density at radius 2 is 1.54 bits per heavy atom. The number of amides is 1. The van der Waals surface area contributed by atoms with E-state index in [4.69, 9.17) is 0 Å². The van der Waals surface area contributed by atoms with E-state index >= 15 is 0 Å². The maximum absolute atomic E-state index is 12.8. The number of carbonyl (C=O) groups excluding carboxylic acids is 1. The van der Waals surface area contributed by atoms with Crippen LogP contribution in [-0.2, 0) is 11.2 Å². The van der Waals surface area contributed by atoms with Gasteiger partial charge in [0.1, 0.15) is 5.82 Å². The predicted octanol–water partition coefficient (Wildman–Crippen LogP) is 4.26. The first-order valence-electron chi connectivity index (χ1n) is 8.17. The van der Waals surface area contributed by atoms with E-state index in [2.05, 4.69) is 15.8 Å². The summed E-state index contributed by atoms with van der Waals surface area (Å²) < 4.78 is 12.8. The predicted molar refractivity (Wildman–Crippen MR) is 102 cm³/mol. The van der Waals surface area contributed by atoms with Gasteiger partial charge in [0, 0.05) is 11.4 Å². The van der Waals surface area contributed by atoms with Gasteiger partial charge in [0.2, 0.25) is 5.91 Å². The standard InChI is InChI=1S/C21H18FN3O/c22-18-10-6-16(7-11-18)14-21(26)25-23-15-17-8-12-20(13-9-17)24-19-4-2-1-3-5-19/h1-13,15,24H,14H2,(H,25,26)/b23-15+. The molecule has 0 radical (unpaired) electrons. The molecule has 0 saturated carbocycles. The van der Waals surface area contributed by atoms with Crippen LogP contribution in [0.1, 0.15) is 11.1 Å². The third-order valence-corrected chi connectivity index (χ3v) is 3.65.